The normalized spacial score (nSPS) is 14.9. The van der Waals surface area contributed by atoms with Crippen molar-refractivity contribution in [2.45, 2.75) is 90.9 Å². The summed E-state index contributed by atoms with van der Waals surface area (Å²) < 4.78 is 0. The highest BCUT2D eigenvalue weighted by molar-refractivity contribution is 5.81. The fourth-order valence-corrected chi connectivity index (χ4v) is 3.01. The van der Waals surface area contributed by atoms with Gasteiger partial charge >= 0.3 is 0 Å². The van der Waals surface area contributed by atoms with Gasteiger partial charge in [-0.3, -0.25) is 4.99 Å². The molecule has 0 saturated carbocycles. The van der Waals surface area contributed by atoms with E-state index in [1.807, 2.05) is 0 Å². The molecule has 0 saturated heterocycles. The first-order chi connectivity index (χ1) is 9.84. The van der Waals surface area contributed by atoms with Crippen LogP contribution in [0.1, 0.15) is 90.9 Å². The molecule has 0 aromatic carbocycles. The molecule has 2 heteroatoms. The number of nitrogens with zero attached hydrogens (tertiary/aromatic N) is 2. The Hall–Kier alpha value is -0.530. The largest absolute Gasteiger partial charge is 0.359 e. The monoisotopic (exact) mass is 280 g/mol. The molecule has 0 spiro atoms. The summed E-state index contributed by atoms with van der Waals surface area (Å²) >= 11 is 0. The summed E-state index contributed by atoms with van der Waals surface area (Å²) in [5.41, 5.74) is 0. The van der Waals surface area contributed by atoms with E-state index in [9.17, 15) is 0 Å². The van der Waals surface area contributed by atoms with Crippen LogP contribution in [0.4, 0.5) is 0 Å². The molecule has 118 valence electrons. The molecule has 1 aliphatic heterocycles. The van der Waals surface area contributed by atoms with E-state index in [2.05, 4.69) is 23.7 Å². The van der Waals surface area contributed by atoms with Gasteiger partial charge in [-0.25, -0.2) is 0 Å². The summed E-state index contributed by atoms with van der Waals surface area (Å²) in [6.07, 6.45) is 17.2. The molecule has 0 aromatic rings. The Labute approximate surface area is 127 Å². The molecule has 0 radical (unpaired) electrons. The SMILES string of the molecule is CCCCCCCCCCCCCCN1CCN=C1C. The van der Waals surface area contributed by atoms with Gasteiger partial charge in [-0.15, -0.1) is 0 Å². The van der Waals surface area contributed by atoms with Gasteiger partial charge in [-0.05, 0) is 13.3 Å². The van der Waals surface area contributed by atoms with Crippen molar-refractivity contribution in [3.8, 4) is 0 Å². The Bertz CT molecular complexity index is 248. The fourth-order valence-electron chi connectivity index (χ4n) is 3.01. The molecule has 0 fully saturated rings. The van der Waals surface area contributed by atoms with Crippen LogP contribution >= 0.6 is 0 Å². The lowest BCUT2D eigenvalue weighted by molar-refractivity contribution is 0.428. The standard InChI is InChI=1S/C18H36N2/c1-3-4-5-6-7-8-9-10-11-12-13-14-16-20-17-15-19-18(20)2/h3-17H2,1-2H3. The average molecular weight is 280 g/mol. The quantitative estimate of drug-likeness (QED) is 0.411. The Morgan fingerprint density at radius 1 is 0.800 bits per heavy atom. The second-order valence-corrected chi connectivity index (χ2v) is 6.31. The molecule has 0 N–H and O–H groups in total. The first-order valence-electron chi connectivity index (χ1n) is 9.10. The van der Waals surface area contributed by atoms with Gasteiger partial charge in [0.15, 0.2) is 0 Å². The van der Waals surface area contributed by atoms with E-state index in [-0.39, 0.29) is 0 Å². The molecule has 1 rings (SSSR count). The van der Waals surface area contributed by atoms with E-state index in [1.54, 1.807) is 0 Å². The van der Waals surface area contributed by atoms with Crippen LogP contribution < -0.4 is 0 Å². The predicted molar refractivity (Wildman–Crippen MR) is 90.6 cm³/mol. The molecule has 2 nitrogen and oxygen atoms in total. The van der Waals surface area contributed by atoms with Crippen LogP contribution in [0, 0.1) is 0 Å². The highest BCUT2D eigenvalue weighted by Crippen LogP contribution is 2.12. The summed E-state index contributed by atoms with van der Waals surface area (Å²) in [6.45, 7) is 7.84. The Morgan fingerprint density at radius 2 is 1.30 bits per heavy atom. The smallest absolute Gasteiger partial charge is 0.0958 e. The van der Waals surface area contributed by atoms with E-state index < -0.39 is 0 Å². The van der Waals surface area contributed by atoms with E-state index in [0.717, 1.165) is 13.1 Å². The second-order valence-electron chi connectivity index (χ2n) is 6.31. The van der Waals surface area contributed by atoms with Crippen LogP contribution in [0.5, 0.6) is 0 Å². The lowest BCUT2D eigenvalue weighted by atomic mass is 10.1. The molecule has 0 aliphatic carbocycles. The third-order valence-corrected chi connectivity index (χ3v) is 4.45. The van der Waals surface area contributed by atoms with E-state index in [0.29, 0.717) is 0 Å². The Kier molecular flexibility index (Phi) is 10.7. The van der Waals surface area contributed by atoms with E-state index in [1.165, 1.54) is 89.4 Å². The van der Waals surface area contributed by atoms with Crippen molar-refractivity contribution in [1.29, 1.82) is 0 Å². The van der Waals surface area contributed by atoms with Gasteiger partial charge in [-0.2, -0.15) is 0 Å². The van der Waals surface area contributed by atoms with Crippen molar-refractivity contribution in [1.82, 2.24) is 4.90 Å². The van der Waals surface area contributed by atoms with Gasteiger partial charge in [-0.1, -0.05) is 77.6 Å². The maximum atomic E-state index is 4.44. The minimum Gasteiger partial charge on any atom is -0.359 e. The van der Waals surface area contributed by atoms with Crippen molar-refractivity contribution in [2.75, 3.05) is 19.6 Å². The van der Waals surface area contributed by atoms with E-state index >= 15 is 0 Å². The van der Waals surface area contributed by atoms with Crippen LogP contribution in [0.2, 0.25) is 0 Å². The van der Waals surface area contributed by atoms with Gasteiger partial charge in [0.05, 0.1) is 12.4 Å². The summed E-state index contributed by atoms with van der Waals surface area (Å²) in [7, 11) is 0. The van der Waals surface area contributed by atoms with Crippen LogP contribution in [-0.2, 0) is 0 Å². The summed E-state index contributed by atoms with van der Waals surface area (Å²) in [6, 6.07) is 0. The molecule has 0 aromatic heterocycles. The number of hydrogen-bond donors (Lipinski definition) is 0. The number of amidine groups is 1. The van der Waals surface area contributed by atoms with Gasteiger partial charge in [0.2, 0.25) is 0 Å². The van der Waals surface area contributed by atoms with Gasteiger partial charge in [0, 0.05) is 13.1 Å². The van der Waals surface area contributed by atoms with Crippen molar-refractivity contribution < 1.29 is 0 Å². The molecular weight excluding hydrogens is 244 g/mol. The first kappa shape index (κ1) is 17.5. The van der Waals surface area contributed by atoms with Crippen LogP contribution in [-0.4, -0.2) is 30.4 Å². The average Bonchev–Trinajstić information content (AvgIpc) is 2.85. The molecule has 1 aliphatic rings. The highest BCUT2D eigenvalue weighted by Gasteiger charge is 2.10. The highest BCUT2D eigenvalue weighted by atomic mass is 15.2. The molecule has 0 amide bonds. The molecule has 0 unspecified atom stereocenters. The second kappa shape index (κ2) is 12.2. The van der Waals surface area contributed by atoms with Crippen molar-refractivity contribution in [3.63, 3.8) is 0 Å². The number of aliphatic imine (C=N–C) groups is 1. The molecule has 1 heterocycles. The number of rotatable bonds is 13. The molecular formula is C18H36N2. The fraction of sp³-hybridized carbons (Fsp3) is 0.944. The third kappa shape index (κ3) is 8.60. The Balaban J connectivity index is 1.73. The van der Waals surface area contributed by atoms with Crippen LogP contribution in [0.25, 0.3) is 0 Å². The predicted octanol–water partition coefficient (Wildman–Crippen LogP) is 5.42. The van der Waals surface area contributed by atoms with Gasteiger partial charge in [0.25, 0.3) is 0 Å². The van der Waals surface area contributed by atoms with Crippen LogP contribution in [0.15, 0.2) is 4.99 Å². The van der Waals surface area contributed by atoms with Gasteiger partial charge < -0.3 is 4.90 Å². The van der Waals surface area contributed by atoms with Gasteiger partial charge in [0.1, 0.15) is 0 Å². The van der Waals surface area contributed by atoms with Crippen molar-refractivity contribution in [2.24, 2.45) is 4.99 Å². The van der Waals surface area contributed by atoms with Crippen molar-refractivity contribution >= 4 is 5.84 Å². The minimum absolute atomic E-state index is 1.02. The van der Waals surface area contributed by atoms with Crippen LogP contribution in [0.3, 0.4) is 0 Å². The Morgan fingerprint density at radius 3 is 1.75 bits per heavy atom. The molecule has 0 atom stereocenters. The zero-order valence-corrected chi connectivity index (χ0v) is 14.0. The summed E-state index contributed by atoms with van der Waals surface area (Å²) in [5.74, 6) is 1.26. The number of unbranched alkanes of at least 4 members (excludes halogenated alkanes) is 11. The number of hydrogen-bond acceptors (Lipinski definition) is 2. The third-order valence-electron chi connectivity index (χ3n) is 4.45. The lowest BCUT2D eigenvalue weighted by Gasteiger charge is -2.17. The van der Waals surface area contributed by atoms with E-state index in [4.69, 9.17) is 0 Å². The lowest BCUT2D eigenvalue weighted by Crippen LogP contribution is -2.26. The van der Waals surface area contributed by atoms with Crippen molar-refractivity contribution in [3.05, 3.63) is 0 Å². The topological polar surface area (TPSA) is 15.6 Å². The maximum Gasteiger partial charge on any atom is 0.0958 e. The zero-order chi connectivity index (χ0) is 14.5. The minimum atomic E-state index is 1.02. The maximum absolute atomic E-state index is 4.44. The summed E-state index contributed by atoms with van der Waals surface area (Å²) in [5, 5.41) is 0. The first-order valence-corrected chi connectivity index (χ1v) is 9.10. The zero-order valence-electron chi connectivity index (χ0n) is 14.0. The molecule has 20 heavy (non-hydrogen) atoms. The molecule has 0 bridgehead atoms. The summed E-state index contributed by atoms with van der Waals surface area (Å²) in [4.78, 5) is 6.88.